The Bertz CT molecular complexity index is 1140. The third kappa shape index (κ3) is 10.7. The number of halogens is 3. The van der Waals surface area contributed by atoms with E-state index >= 15 is 0 Å². The molecule has 1 saturated carbocycles. The Morgan fingerprint density at radius 3 is 2.67 bits per heavy atom. The number of fused-ring (bicyclic) bond motifs is 1. The number of ether oxygens (including phenoxy) is 1. The minimum Gasteiger partial charge on any atom is -0.480 e. The fourth-order valence-corrected chi connectivity index (χ4v) is 5.60. The first-order valence-corrected chi connectivity index (χ1v) is 16.2. The molecule has 3 rings (SSSR count). The third-order valence-corrected chi connectivity index (χ3v) is 8.56. The van der Waals surface area contributed by atoms with Gasteiger partial charge in [0.15, 0.2) is 0 Å². The number of allylic oxidation sites excluding steroid dienone is 2. The van der Waals surface area contributed by atoms with Crippen LogP contribution in [0.2, 0.25) is 0 Å². The number of amides is 1. The van der Waals surface area contributed by atoms with E-state index in [1.807, 2.05) is 11.8 Å². The van der Waals surface area contributed by atoms with Crippen LogP contribution in [0.25, 0.3) is 0 Å². The van der Waals surface area contributed by atoms with Crippen LogP contribution in [0.5, 0.6) is 0 Å². The number of carboxylic acid groups (broad SMARTS) is 1. The lowest BCUT2D eigenvalue weighted by Crippen LogP contribution is -2.53. The highest BCUT2D eigenvalue weighted by atomic mass is 19.3. The highest BCUT2D eigenvalue weighted by Crippen LogP contribution is 2.45. The van der Waals surface area contributed by atoms with E-state index in [0.717, 1.165) is 63.0 Å². The molecule has 0 bridgehead atoms. The molecule has 2 unspecified atom stereocenters. The Morgan fingerprint density at radius 1 is 1.24 bits per heavy atom. The molecule has 1 aromatic rings. The van der Waals surface area contributed by atoms with Crippen LogP contribution in [0.1, 0.15) is 76.0 Å². The van der Waals surface area contributed by atoms with Crippen molar-refractivity contribution in [2.24, 2.45) is 0 Å². The maximum atomic E-state index is 13.7. The first-order chi connectivity index (χ1) is 21.6. The number of methoxy groups -OCH3 is 1. The molecule has 2 heterocycles. The lowest BCUT2D eigenvalue weighted by Gasteiger charge is -2.32. The van der Waals surface area contributed by atoms with Gasteiger partial charge in [0, 0.05) is 38.6 Å². The highest BCUT2D eigenvalue weighted by Gasteiger charge is 2.56. The predicted molar refractivity (Wildman–Crippen MR) is 169 cm³/mol. The van der Waals surface area contributed by atoms with E-state index in [0.29, 0.717) is 25.8 Å². The minimum absolute atomic E-state index is 0.0556. The highest BCUT2D eigenvalue weighted by molar-refractivity contribution is 5.93. The molecular weight excluding hydrogens is 587 g/mol. The van der Waals surface area contributed by atoms with E-state index in [2.05, 4.69) is 29.3 Å². The molecule has 0 spiro atoms. The zero-order valence-electron chi connectivity index (χ0n) is 26.7. The van der Waals surface area contributed by atoms with Gasteiger partial charge in [-0.3, -0.25) is 4.79 Å². The van der Waals surface area contributed by atoms with E-state index < -0.39 is 48.4 Å². The minimum atomic E-state index is -2.86. The molecule has 2 aliphatic rings. The molecule has 0 aromatic carbocycles. The van der Waals surface area contributed by atoms with Gasteiger partial charge in [-0.2, -0.15) is 0 Å². The molecule has 1 aliphatic carbocycles. The summed E-state index contributed by atoms with van der Waals surface area (Å²) in [4.78, 5) is 33.5. The second kappa shape index (κ2) is 18.1. The van der Waals surface area contributed by atoms with Crippen LogP contribution in [-0.2, 0) is 27.2 Å². The van der Waals surface area contributed by atoms with Crippen LogP contribution in [-0.4, -0.2) is 95.8 Å². The normalized spacial score (nSPS) is 16.7. The molecule has 9 nitrogen and oxygen atoms in total. The van der Waals surface area contributed by atoms with Crippen LogP contribution in [0.15, 0.2) is 36.7 Å². The average Bonchev–Trinajstić information content (AvgIpc) is 3.84. The van der Waals surface area contributed by atoms with Gasteiger partial charge in [0.1, 0.15) is 24.1 Å². The monoisotopic (exact) mass is 637 g/mol. The molecule has 1 amide bonds. The second-order valence-corrected chi connectivity index (χ2v) is 12.0. The Balaban J connectivity index is 1.60. The largest absolute Gasteiger partial charge is 0.480 e. The number of pyridine rings is 1. The van der Waals surface area contributed by atoms with Crippen LogP contribution < -0.4 is 10.6 Å². The maximum Gasteiger partial charge on any atom is 0.326 e. The molecule has 0 saturated heterocycles. The average molecular weight is 638 g/mol. The topological polar surface area (TPSA) is 107 Å². The first-order valence-electron chi connectivity index (χ1n) is 16.2. The summed E-state index contributed by atoms with van der Waals surface area (Å²) >= 11 is 0. The molecule has 12 heteroatoms. The van der Waals surface area contributed by atoms with Gasteiger partial charge in [-0.1, -0.05) is 38.5 Å². The standard InChI is InChI=1S/C33H50F3N5O4/c1-4-5-6-8-20-41(24(2)29(35)36)33(16-17-33)32(44)39-28(31(42)43)15-21-40(23-27(22-34)45-3)19-9-7-12-26-14-13-25-11-10-18-37-30(25)38-26/h8,13-14,20,27-29H,2,4-7,9-12,15-19,21-23H2,1,3H3,(H,37,38)(H,39,44)(H,42,43)/b20-8-. The van der Waals surface area contributed by atoms with Crippen molar-refractivity contribution in [1.29, 1.82) is 0 Å². The summed E-state index contributed by atoms with van der Waals surface area (Å²) in [6.45, 7) is 6.88. The van der Waals surface area contributed by atoms with Crippen molar-refractivity contribution >= 4 is 17.7 Å². The number of aliphatic carboxylic acids is 1. The maximum absolute atomic E-state index is 13.7. The van der Waals surface area contributed by atoms with E-state index in [9.17, 15) is 27.9 Å². The molecule has 1 fully saturated rings. The van der Waals surface area contributed by atoms with Gasteiger partial charge < -0.3 is 30.3 Å². The van der Waals surface area contributed by atoms with Gasteiger partial charge in [-0.15, -0.1) is 0 Å². The number of aromatic nitrogens is 1. The number of hydrogen-bond donors (Lipinski definition) is 3. The summed E-state index contributed by atoms with van der Waals surface area (Å²) in [5.74, 6) is -0.887. The molecule has 3 N–H and O–H groups in total. The first kappa shape index (κ1) is 36.3. The lowest BCUT2D eigenvalue weighted by molar-refractivity contribution is -0.143. The number of carboxylic acids is 1. The van der Waals surface area contributed by atoms with Crippen molar-refractivity contribution in [3.8, 4) is 0 Å². The summed E-state index contributed by atoms with van der Waals surface area (Å²) in [5.41, 5.74) is 0.446. The van der Waals surface area contributed by atoms with Crippen LogP contribution in [0.4, 0.5) is 19.0 Å². The number of nitrogens with one attached hydrogen (secondary N) is 2. The number of rotatable bonds is 22. The van der Waals surface area contributed by atoms with Crippen LogP contribution in [0.3, 0.4) is 0 Å². The quantitative estimate of drug-likeness (QED) is 0.147. The fraction of sp³-hybridized carbons (Fsp3) is 0.667. The number of nitrogens with zero attached hydrogens (tertiary/aromatic N) is 3. The zero-order valence-corrected chi connectivity index (χ0v) is 26.7. The summed E-state index contributed by atoms with van der Waals surface area (Å²) in [6, 6.07) is 2.93. The predicted octanol–water partition coefficient (Wildman–Crippen LogP) is 5.33. The lowest BCUT2D eigenvalue weighted by atomic mass is 10.1. The number of hydrogen-bond acceptors (Lipinski definition) is 7. The van der Waals surface area contributed by atoms with Crippen molar-refractivity contribution in [2.45, 2.75) is 102 Å². The van der Waals surface area contributed by atoms with Gasteiger partial charge in [0.2, 0.25) is 5.91 Å². The SMILES string of the molecule is C=C(C(F)F)N(/C=C\CCCC)C1(C(=O)NC(CCN(CCCCc2ccc3c(n2)NCCC3)CC(CF)OC)C(=O)O)CC1. The van der Waals surface area contributed by atoms with Crippen molar-refractivity contribution in [2.75, 3.05) is 45.3 Å². The number of alkyl halides is 3. The van der Waals surface area contributed by atoms with E-state index in [1.165, 1.54) is 23.8 Å². The molecule has 45 heavy (non-hydrogen) atoms. The second-order valence-electron chi connectivity index (χ2n) is 12.0. The number of unbranched alkanes of at least 4 members (excludes halogenated alkanes) is 3. The smallest absolute Gasteiger partial charge is 0.326 e. The van der Waals surface area contributed by atoms with E-state index in [-0.39, 0.29) is 19.5 Å². The number of aryl methyl sites for hydroxylation is 2. The van der Waals surface area contributed by atoms with Crippen LogP contribution >= 0.6 is 0 Å². The van der Waals surface area contributed by atoms with Gasteiger partial charge in [0.05, 0.1) is 11.8 Å². The molecule has 1 aliphatic heterocycles. The Hall–Kier alpha value is -3.12. The Labute approximate surface area is 265 Å². The van der Waals surface area contributed by atoms with Crippen molar-refractivity contribution in [3.63, 3.8) is 0 Å². The zero-order chi connectivity index (χ0) is 32.8. The number of carbonyl (C=O) groups excluding carboxylic acids is 1. The molecular formula is C33H50F3N5O4. The van der Waals surface area contributed by atoms with Crippen molar-refractivity contribution in [1.82, 2.24) is 20.1 Å². The Kier molecular flexibility index (Phi) is 14.6. The molecule has 1 aromatic heterocycles. The summed E-state index contributed by atoms with van der Waals surface area (Å²) in [5, 5.41) is 15.9. The summed E-state index contributed by atoms with van der Waals surface area (Å²) < 4.78 is 46.1. The summed E-state index contributed by atoms with van der Waals surface area (Å²) in [7, 11) is 1.43. The Morgan fingerprint density at radius 2 is 2.02 bits per heavy atom. The number of anilines is 1. The van der Waals surface area contributed by atoms with Gasteiger partial charge in [-0.25, -0.2) is 22.9 Å². The van der Waals surface area contributed by atoms with Gasteiger partial charge in [0.25, 0.3) is 6.43 Å². The molecule has 2 atom stereocenters. The van der Waals surface area contributed by atoms with Crippen molar-refractivity contribution in [3.05, 3.63) is 47.9 Å². The third-order valence-electron chi connectivity index (χ3n) is 8.56. The van der Waals surface area contributed by atoms with Gasteiger partial charge >= 0.3 is 5.97 Å². The van der Waals surface area contributed by atoms with Crippen molar-refractivity contribution < 1.29 is 32.6 Å². The van der Waals surface area contributed by atoms with Gasteiger partial charge in [-0.05, 0) is 76.0 Å². The van der Waals surface area contributed by atoms with E-state index in [4.69, 9.17) is 9.72 Å². The summed E-state index contributed by atoms with van der Waals surface area (Å²) in [6.07, 6.45) is 7.35. The fourth-order valence-electron chi connectivity index (χ4n) is 5.60. The molecule has 0 radical (unpaired) electrons. The van der Waals surface area contributed by atoms with Crippen LogP contribution in [0, 0.1) is 0 Å². The number of carbonyl (C=O) groups is 2. The molecule has 252 valence electrons. The van der Waals surface area contributed by atoms with E-state index in [1.54, 1.807) is 6.08 Å².